The minimum Gasteiger partial charge on any atom is -0.340 e. The van der Waals surface area contributed by atoms with Crippen molar-refractivity contribution in [2.24, 2.45) is 47.3 Å². The van der Waals surface area contributed by atoms with Crippen molar-refractivity contribution in [3.8, 4) is 0 Å². The second-order valence-corrected chi connectivity index (χ2v) is 14.1. The van der Waals surface area contributed by atoms with Crippen LogP contribution in [-0.2, 0) is 4.79 Å². The van der Waals surface area contributed by atoms with Crippen LogP contribution < -0.4 is 5.32 Å². The van der Waals surface area contributed by atoms with Crippen LogP contribution in [0, 0.1) is 47.3 Å². The molecule has 6 rings (SSSR count). The van der Waals surface area contributed by atoms with Crippen molar-refractivity contribution in [3.05, 3.63) is 0 Å². The summed E-state index contributed by atoms with van der Waals surface area (Å²) in [5.41, 5.74) is 0. The minimum absolute atomic E-state index is 0.315. The highest BCUT2D eigenvalue weighted by atomic mass is 16.2. The molecule has 0 aromatic heterocycles. The van der Waals surface area contributed by atoms with Crippen molar-refractivity contribution in [2.75, 3.05) is 20.1 Å². The van der Waals surface area contributed by atoms with Crippen molar-refractivity contribution >= 4 is 5.91 Å². The van der Waals surface area contributed by atoms with Crippen LogP contribution in [0.25, 0.3) is 0 Å². The molecule has 1 N–H and O–H groups in total. The number of nitrogens with one attached hydrogen (secondary N) is 1. The van der Waals surface area contributed by atoms with Gasteiger partial charge in [0.05, 0.1) is 0 Å². The van der Waals surface area contributed by atoms with E-state index in [1.165, 1.54) is 77.2 Å². The number of amides is 1. The Morgan fingerprint density at radius 2 is 1.65 bits per heavy atom. The lowest BCUT2D eigenvalue weighted by atomic mass is 9.65. The first-order valence-electron chi connectivity index (χ1n) is 15.1. The molecule has 12 atom stereocenters. The summed E-state index contributed by atoms with van der Waals surface area (Å²) in [7, 11) is 2.44. The Hall–Kier alpha value is -0.610. The second kappa shape index (κ2) is 9.36. The van der Waals surface area contributed by atoms with Gasteiger partial charge in [0.2, 0.25) is 5.91 Å². The van der Waals surface area contributed by atoms with Crippen molar-refractivity contribution in [3.63, 3.8) is 0 Å². The molecule has 3 aliphatic carbocycles. The average Bonchev–Trinajstić information content (AvgIpc) is 2.92. The van der Waals surface area contributed by atoms with Gasteiger partial charge in [0.1, 0.15) is 0 Å². The van der Waals surface area contributed by atoms with Crippen LogP contribution in [0.15, 0.2) is 0 Å². The maximum Gasteiger partial charge on any atom is 0.219 e. The zero-order valence-electron chi connectivity index (χ0n) is 22.4. The SMILES string of the molecule is CC(=O)N1CCC[C@@H]2[C@@H](C[C@@H]3CC[C@@H]4[C@@H]5C[C@@H]6[C@@H](C[C@@H](C)C[C@@H]6N(C)C5)C[C@@H]4N3)C[C@H](C)C[C@@H]21. The van der Waals surface area contributed by atoms with Crippen LogP contribution in [0.1, 0.15) is 91.4 Å². The molecule has 4 heteroatoms. The molecule has 0 radical (unpaired) electrons. The average molecular weight is 470 g/mol. The van der Waals surface area contributed by atoms with Gasteiger partial charge >= 0.3 is 0 Å². The van der Waals surface area contributed by atoms with Gasteiger partial charge in [-0.2, -0.15) is 0 Å². The van der Waals surface area contributed by atoms with Gasteiger partial charge in [-0.05, 0) is 125 Å². The summed E-state index contributed by atoms with van der Waals surface area (Å²) < 4.78 is 0. The van der Waals surface area contributed by atoms with Crippen molar-refractivity contribution in [1.82, 2.24) is 15.1 Å². The summed E-state index contributed by atoms with van der Waals surface area (Å²) in [6.45, 7) is 9.11. The third-order valence-electron chi connectivity index (χ3n) is 11.9. The molecule has 2 bridgehead atoms. The van der Waals surface area contributed by atoms with E-state index in [0.717, 1.165) is 66.0 Å². The zero-order valence-corrected chi connectivity index (χ0v) is 22.4. The smallest absolute Gasteiger partial charge is 0.219 e. The molecule has 1 amide bonds. The molecular weight excluding hydrogens is 418 g/mol. The standard InChI is InChI=1S/C30H51N3O/c1-18-11-22-16-28-25(23-15-27(22)29(12-18)32(4)17-23)8-7-24(31-28)14-21-10-19(2)13-30-26(21)6-5-9-33(30)20(3)34/h18-19,21-31H,5-17H2,1-4H3/t18-,19+,21-,22+,23-,24+,25-,26-,27-,28+,29+,30+/m1/s1. The second-order valence-electron chi connectivity index (χ2n) is 14.1. The molecule has 6 aliphatic rings. The van der Waals surface area contributed by atoms with Crippen LogP contribution in [0.4, 0.5) is 0 Å². The Morgan fingerprint density at radius 1 is 0.853 bits per heavy atom. The number of rotatable bonds is 2. The van der Waals surface area contributed by atoms with Crippen molar-refractivity contribution in [2.45, 2.75) is 116 Å². The van der Waals surface area contributed by atoms with Crippen LogP contribution in [0.2, 0.25) is 0 Å². The number of nitrogens with zero attached hydrogens (tertiary/aromatic N) is 2. The number of carbonyl (C=O) groups excluding carboxylic acids is 1. The molecule has 3 saturated carbocycles. The first kappa shape index (κ1) is 23.8. The van der Waals surface area contributed by atoms with Gasteiger partial charge in [-0.15, -0.1) is 0 Å². The van der Waals surface area contributed by atoms with E-state index in [1.54, 1.807) is 6.92 Å². The molecule has 34 heavy (non-hydrogen) atoms. The lowest BCUT2D eigenvalue weighted by molar-refractivity contribution is -0.137. The van der Waals surface area contributed by atoms with E-state index in [9.17, 15) is 4.79 Å². The molecule has 6 fully saturated rings. The normalized spacial score (nSPS) is 51.2. The van der Waals surface area contributed by atoms with Crippen LogP contribution >= 0.6 is 0 Å². The molecular formula is C30H51N3O. The Kier molecular flexibility index (Phi) is 6.54. The first-order chi connectivity index (χ1) is 16.4. The largest absolute Gasteiger partial charge is 0.340 e. The fourth-order valence-electron chi connectivity index (χ4n) is 10.6. The van der Waals surface area contributed by atoms with Crippen LogP contribution in [0.3, 0.4) is 0 Å². The van der Waals surface area contributed by atoms with E-state index < -0.39 is 0 Å². The molecule has 3 saturated heterocycles. The van der Waals surface area contributed by atoms with Crippen LogP contribution in [0.5, 0.6) is 0 Å². The van der Waals surface area contributed by atoms with E-state index in [2.05, 4.69) is 36.0 Å². The molecule has 4 nitrogen and oxygen atoms in total. The summed E-state index contributed by atoms with van der Waals surface area (Å²) in [5, 5.41) is 4.33. The Balaban J connectivity index is 1.16. The van der Waals surface area contributed by atoms with E-state index in [1.807, 2.05) is 0 Å². The highest BCUT2D eigenvalue weighted by Crippen LogP contribution is 2.52. The lowest BCUT2D eigenvalue weighted by Gasteiger charge is -2.51. The molecule has 0 unspecified atom stereocenters. The molecule has 3 aliphatic heterocycles. The molecule has 0 spiro atoms. The number of carbonyl (C=O) groups is 1. The summed E-state index contributed by atoms with van der Waals surface area (Å²) in [6, 6.07) is 2.84. The number of hydrogen-bond acceptors (Lipinski definition) is 3. The Bertz CT molecular complexity index is 755. The lowest BCUT2D eigenvalue weighted by Crippen LogP contribution is -2.55. The van der Waals surface area contributed by atoms with Gasteiger partial charge < -0.3 is 15.1 Å². The summed E-state index contributed by atoms with van der Waals surface area (Å²) in [4.78, 5) is 17.4. The van der Waals surface area contributed by atoms with Gasteiger partial charge in [-0.25, -0.2) is 0 Å². The van der Waals surface area contributed by atoms with Gasteiger partial charge in [0.25, 0.3) is 0 Å². The molecule has 0 aromatic rings. The van der Waals surface area contributed by atoms with E-state index in [4.69, 9.17) is 0 Å². The highest BCUT2D eigenvalue weighted by molar-refractivity contribution is 5.73. The van der Waals surface area contributed by atoms with Crippen LogP contribution in [-0.4, -0.2) is 60.0 Å². The fraction of sp³-hybridized carbons (Fsp3) is 0.967. The molecule has 192 valence electrons. The number of likely N-dealkylation sites (tertiary alicyclic amines) is 2. The maximum atomic E-state index is 12.4. The van der Waals surface area contributed by atoms with E-state index >= 15 is 0 Å². The summed E-state index contributed by atoms with van der Waals surface area (Å²) in [6.07, 6.45) is 15.3. The number of piperidine rings is 3. The predicted molar refractivity (Wildman–Crippen MR) is 138 cm³/mol. The van der Waals surface area contributed by atoms with Crippen molar-refractivity contribution < 1.29 is 4.79 Å². The van der Waals surface area contributed by atoms with Crippen molar-refractivity contribution in [1.29, 1.82) is 0 Å². The van der Waals surface area contributed by atoms with Gasteiger partial charge in [0.15, 0.2) is 0 Å². The number of hydrogen-bond donors (Lipinski definition) is 1. The fourth-order valence-corrected chi connectivity index (χ4v) is 10.6. The van der Waals surface area contributed by atoms with Gasteiger partial charge in [0, 0.05) is 44.2 Å². The van der Waals surface area contributed by atoms with E-state index in [-0.39, 0.29) is 0 Å². The number of fused-ring (bicyclic) bond motifs is 4. The molecule has 3 heterocycles. The van der Waals surface area contributed by atoms with E-state index in [0.29, 0.717) is 18.0 Å². The Labute approximate surface area is 209 Å². The molecule has 0 aromatic carbocycles. The zero-order chi connectivity index (χ0) is 23.6. The summed E-state index contributed by atoms with van der Waals surface area (Å²) in [5.74, 6) is 7.26. The highest BCUT2D eigenvalue weighted by Gasteiger charge is 2.51. The topological polar surface area (TPSA) is 35.6 Å². The predicted octanol–water partition coefficient (Wildman–Crippen LogP) is 5.17. The first-order valence-corrected chi connectivity index (χ1v) is 15.1. The minimum atomic E-state index is 0.315. The summed E-state index contributed by atoms with van der Waals surface area (Å²) >= 11 is 0. The Morgan fingerprint density at radius 3 is 2.47 bits per heavy atom. The third-order valence-corrected chi connectivity index (χ3v) is 11.9. The third kappa shape index (κ3) is 4.27. The van der Waals surface area contributed by atoms with Gasteiger partial charge in [-0.1, -0.05) is 13.8 Å². The quantitative estimate of drug-likeness (QED) is 0.606. The monoisotopic (exact) mass is 469 g/mol. The maximum absolute atomic E-state index is 12.4. The van der Waals surface area contributed by atoms with Gasteiger partial charge in [-0.3, -0.25) is 4.79 Å².